The molecule has 0 saturated heterocycles. The summed E-state index contributed by atoms with van der Waals surface area (Å²) in [5.74, 6) is -3.31. The maximum absolute atomic E-state index is 12.0. The molecule has 0 aliphatic heterocycles. The number of hydrogen-bond donors (Lipinski definition) is 9. The zero-order chi connectivity index (χ0) is 33.8. The molecule has 0 saturated carbocycles. The van der Waals surface area contributed by atoms with Gasteiger partial charge in [-0.15, -0.1) is 0 Å². The number of alkyl carbamates (subject to hydrolysis) is 1. The van der Waals surface area contributed by atoms with E-state index in [9.17, 15) is 24.0 Å². The predicted octanol–water partition coefficient (Wildman–Crippen LogP) is -0.646. The van der Waals surface area contributed by atoms with E-state index in [4.69, 9.17) is 41.7 Å². The largest absolute Gasteiger partial charge is 0.480 e. The van der Waals surface area contributed by atoms with E-state index in [1.54, 1.807) is 18.2 Å². The number of nitrogens with two attached hydrogens (primary N) is 4. The molecule has 0 aliphatic carbocycles. The maximum atomic E-state index is 12.0. The molecule has 13 N–H and O–H groups in total. The van der Waals surface area contributed by atoms with Crippen molar-refractivity contribution in [2.75, 3.05) is 19.6 Å². The van der Waals surface area contributed by atoms with Gasteiger partial charge < -0.3 is 58.0 Å². The average molecular weight is 632 g/mol. The van der Waals surface area contributed by atoms with E-state index in [1.807, 2.05) is 42.5 Å². The van der Waals surface area contributed by atoms with E-state index in [-0.39, 0.29) is 38.6 Å². The molecule has 3 aromatic rings. The molecule has 0 radical (unpaired) electrons. The molecular weight excluding hydrogens is 594 g/mol. The molecule has 17 nitrogen and oxygen atoms in total. The van der Waals surface area contributed by atoms with E-state index in [0.29, 0.717) is 11.1 Å². The van der Waals surface area contributed by atoms with Gasteiger partial charge in [0, 0.05) is 18.0 Å². The number of guanidine groups is 1. The van der Waals surface area contributed by atoms with Gasteiger partial charge in [-0.1, -0.05) is 48.5 Å². The first kappa shape index (κ1) is 37.5. The van der Waals surface area contributed by atoms with Gasteiger partial charge in [0.1, 0.15) is 24.8 Å². The Morgan fingerprint density at radius 1 is 0.956 bits per heavy atom. The first-order chi connectivity index (χ1) is 21.3. The number of rotatable bonds is 13. The maximum Gasteiger partial charge on any atom is 0.407 e. The summed E-state index contributed by atoms with van der Waals surface area (Å²) in [6.07, 6.45) is -0.633. The van der Waals surface area contributed by atoms with Gasteiger partial charge in [-0.25, -0.2) is 9.59 Å². The lowest BCUT2D eigenvalue weighted by atomic mass is 10.1. The minimum absolute atomic E-state index is 0.102. The van der Waals surface area contributed by atoms with Crippen molar-refractivity contribution in [2.24, 2.45) is 27.9 Å². The average Bonchev–Trinajstić information content (AvgIpc) is 3.01. The monoisotopic (exact) mass is 631 g/mol. The van der Waals surface area contributed by atoms with Gasteiger partial charge in [0.05, 0.1) is 18.7 Å². The molecular formula is C28H37N7O10. The van der Waals surface area contributed by atoms with Crippen molar-refractivity contribution >= 4 is 40.9 Å². The fourth-order valence-electron chi connectivity index (χ4n) is 3.25. The van der Waals surface area contributed by atoms with Crippen LogP contribution in [0.2, 0.25) is 0 Å². The highest BCUT2D eigenvalue weighted by molar-refractivity contribution is 5.77. The molecule has 2 aromatic carbocycles. The van der Waals surface area contributed by atoms with Crippen molar-refractivity contribution in [3.05, 3.63) is 82.2 Å². The Labute approximate surface area is 256 Å². The van der Waals surface area contributed by atoms with Crippen LogP contribution in [0.25, 0.3) is 11.0 Å². The smallest absolute Gasteiger partial charge is 0.407 e. The number of aliphatic carboxylic acids is 3. The summed E-state index contributed by atoms with van der Waals surface area (Å²) in [7, 11) is 0. The standard InChI is InChI=1S/C16H21N5O4.C10H11NO4.C2H5NO2/c17-12(14(22)23)6-11(8-21-16(18)19)20-7-10-5-9-3-1-2-4-13(9)25-15(10)24;12-9(13)6-11-10(14)15-7-8-4-2-1-3-5-8;3-1-2(4)5/h1-5,11-12,20H,6-8,17H2,(H,22,23)(H4,18,19,21);1-5H,6-7H2,(H,11,14)(H,12,13);1,3H2,(H,4,5)/t11?,12-;;/m0../s1. The highest BCUT2D eigenvalue weighted by Crippen LogP contribution is 2.12. The lowest BCUT2D eigenvalue weighted by molar-refractivity contribution is -0.139. The molecule has 2 atom stereocenters. The van der Waals surface area contributed by atoms with E-state index in [1.165, 1.54) is 0 Å². The number of fused-ring (bicyclic) bond motifs is 1. The molecule has 1 amide bonds. The zero-order valence-corrected chi connectivity index (χ0v) is 24.1. The number of ether oxygens (including phenoxy) is 1. The number of para-hydroxylation sites is 1. The van der Waals surface area contributed by atoms with Gasteiger partial charge in [-0.2, -0.15) is 0 Å². The van der Waals surface area contributed by atoms with Crippen LogP contribution in [-0.2, 0) is 32.3 Å². The van der Waals surface area contributed by atoms with Crippen LogP contribution in [0.5, 0.6) is 0 Å². The lowest BCUT2D eigenvalue weighted by Gasteiger charge is -2.19. The molecule has 244 valence electrons. The number of hydrogen-bond acceptors (Lipinski definition) is 11. The summed E-state index contributed by atoms with van der Waals surface area (Å²) in [6.45, 7) is -0.272. The van der Waals surface area contributed by atoms with Crippen molar-refractivity contribution in [3.63, 3.8) is 0 Å². The van der Waals surface area contributed by atoms with Gasteiger partial charge in [0.15, 0.2) is 5.96 Å². The fraction of sp³-hybridized carbons (Fsp3) is 0.286. The third-order valence-corrected chi connectivity index (χ3v) is 5.42. The molecule has 45 heavy (non-hydrogen) atoms. The number of carbonyl (C=O) groups excluding carboxylic acids is 1. The number of amides is 1. The Hall–Kier alpha value is -5.52. The van der Waals surface area contributed by atoms with Crippen LogP contribution in [0.3, 0.4) is 0 Å². The predicted molar refractivity (Wildman–Crippen MR) is 163 cm³/mol. The SMILES string of the molecule is NC(N)=NCC(C[C@H](N)C(=O)O)NCc1cc2ccccc2oc1=O.NCC(=O)O.O=C(O)CNC(=O)OCc1ccccc1. The quantitative estimate of drug-likeness (QED) is 0.0643. The molecule has 0 aliphatic rings. The zero-order valence-electron chi connectivity index (χ0n) is 24.1. The first-order valence-corrected chi connectivity index (χ1v) is 13.2. The van der Waals surface area contributed by atoms with Crippen molar-refractivity contribution in [1.29, 1.82) is 0 Å². The van der Waals surface area contributed by atoms with E-state index in [2.05, 4.69) is 21.4 Å². The number of nitrogens with one attached hydrogen (secondary N) is 2. The second kappa shape index (κ2) is 20.4. The number of carbonyl (C=O) groups is 4. The van der Waals surface area contributed by atoms with Gasteiger partial charge in [-0.3, -0.25) is 19.4 Å². The summed E-state index contributed by atoms with van der Waals surface area (Å²) >= 11 is 0. The molecule has 1 heterocycles. The van der Waals surface area contributed by atoms with Crippen molar-refractivity contribution < 1.29 is 43.7 Å². The van der Waals surface area contributed by atoms with Crippen LogP contribution in [0.4, 0.5) is 4.79 Å². The van der Waals surface area contributed by atoms with Crippen LogP contribution in [0.1, 0.15) is 17.5 Å². The second-order valence-electron chi connectivity index (χ2n) is 9.03. The van der Waals surface area contributed by atoms with Gasteiger partial charge in [-0.05, 0) is 24.1 Å². The number of nitrogens with zero attached hydrogens (tertiary/aromatic N) is 1. The van der Waals surface area contributed by atoms with Crippen molar-refractivity contribution in [1.82, 2.24) is 10.6 Å². The minimum atomic E-state index is -1.12. The first-order valence-electron chi connectivity index (χ1n) is 13.2. The number of carboxylic acid groups (broad SMARTS) is 3. The van der Waals surface area contributed by atoms with Crippen molar-refractivity contribution in [3.8, 4) is 0 Å². The summed E-state index contributed by atoms with van der Waals surface area (Å²) in [5, 5.41) is 30.8. The topological polar surface area (TPSA) is 309 Å². The Bertz CT molecular complexity index is 1480. The summed E-state index contributed by atoms with van der Waals surface area (Å²) in [5.41, 5.74) is 22.1. The lowest BCUT2D eigenvalue weighted by Crippen LogP contribution is -2.42. The summed E-state index contributed by atoms with van der Waals surface area (Å²) in [4.78, 5) is 57.2. The third-order valence-electron chi connectivity index (χ3n) is 5.42. The number of aliphatic imine (C=N–C) groups is 1. The molecule has 0 bridgehead atoms. The van der Waals surface area contributed by atoms with Crippen LogP contribution in [0.15, 0.2) is 74.9 Å². The van der Waals surface area contributed by atoms with Crippen LogP contribution >= 0.6 is 0 Å². The highest BCUT2D eigenvalue weighted by atomic mass is 16.5. The van der Waals surface area contributed by atoms with Gasteiger partial charge >= 0.3 is 29.6 Å². The molecule has 0 spiro atoms. The van der Waals surface area contributed by atoms with E-state index >= 15 is 0 Å². The Morgan fingerprint density at radius 3 is 2.16 bits per heavy atom. The molecule has 1 unspecified atom stereocenters. The molecule has 1 aromatic heterocycles. The van der Waals surface area contributed by atoms with Crippen molar-refractivity contribution in [2.45, 2.75) is 31.7 Å². The van der Waals surface area contributed by atoms with Crippen LogP contribution in [-0.4, -0.2) is 77.0 Å². The molecule has 3 rings (SSSR count). The van der Waals surface area contributed by atoms with Crippen LogP contribution < -0.4 is 39.2 Å². The minimum Gasteiger partial charge on any atom is -0.480 e. The van der Waals surface area contributed by atoms with Gasteiger partial charge in [0.2, 0.25) is 0 Å². The third kappa shape index (κ3) is 16.6. The fourth-order valence-corrected chi connectivity index (χ4v) is 3.25. The second-order valence-corrected chi connectivity index (χ2v) is 9.03. The number of carboxylic acids is 3. The molecule has 17 heteroatoms. The number of benzene rings is 2. The normalized spacial score (nSPS) is 11.3. The molecule has 0 fully saturated rings. The summed E-state index contributed by atoms with van der Waals surface area (Å²) in [6, 6.07) is 16.5. The van der Waals surface area contributed by atoms with Gasteiger partial charge in [0.25, 0.3) is 0 Å². The van der Waals surface area contributed by atoms with E-state index < -0.39 is 48.3 Å². The van der Waals surface area contributed by atoms with E-state index in [0.717, 1.165) is 10.9 Å². The highest BCUT2D eigenvalue weighted by Gasteiger charge is 2.19. The Morgan fingerprint density at radius 2 is 1.58 bits per heavy atom. The Balaban J connectivity index is 0.000000427. The summed E-state index contributed by atoms with van der Waals surface area (Å²) < 4.78 is 10.0. The van der Waals surface area contributed by atoms with Crippen LogP contribution in [0, 0.1) is 0 Å². The Kier molecular flexibility index (Phi) is 17.0.